The van der Waals surface area contributed by atoms with Gasteiger partial charge in [0.15, 0.2) is 11.6 Å². The van der Waals surface area contributed by atoms with Crippen molar-refractivity contribution < 1.29 is 14.1 Å². The summed E-state index contributed by atoms with van der Waals surface area (Å²) in [6, 6.07) is 8.00. The number of nitro groups is 1. The number of anilines is 1. The molecular formula is C11H9FN4O3. The molecule has 0 spiro atoms. The number of hydrazine groups is 1. The molecule has 98 valence electrons. The highest BCUT2D eigenvalue weighted by atomic mass is 19.1. The molecule has 8 heteroatoms. The lowest BCUT2D eigenvalue weighted by molar-refractivity contribution is -0.386. The average molecular weight is 264 g/mol. The maximum atomic E-state index is 13.4. The van der Waals surface area contributed by atoms with Gasteiger partial charge < -0.3 is 10.2 Å². The highest BCUT2D eigenvalue weighted by molar-refractivity contribution is 5.50. The molecule has 0 amide bonds. The summed E-state index contributed by atoms with van der Waals surface area (Å²) in [5.41, 5.74) is 1.84. The van der Waals surface area contributed by atoms with Gasteiger partial charge in [-0.1, -0.05) is 12.1 Å². The van der Waals surface area contributed by atoms with Crippen LogP contribution in [0.2, 0.25) is 0 Å². The molecule has 0 saturated carbocycles. The fourth-order valence-electron chi connectivity index (χ4n) is 1.36. The number of rotatable bonds is 4. The van der Waals surface area contributed by atoms with E-state index in [9.17, 15) is 14.5 Å². The van der Waals surface area contributed by atoms with Gasteiger partial charge in [0.1, 0.15) is 5.82 Å². The Labute approximate surface area is 107 Å². The predicted molar refractivity (Wildman–Crippen MR) is 65.2 cm³/mol. The van der Waals surface area contributed by atoms with Crippen LogP contribution in [0.25, 0.3) is 0 Å². The van der Waals surface area contributed by atoms with Crippen molar-refractivity contribution in [2.45, 2.75) is 0 Å². The molecule has 0 fully saturated rings. The second-order valence-corrected chi connectivity index (χ2v) is 3.45. The van der Waals surface area contributed by atoms with Crippen LogP contribution >= 0.6 is 0 Å². The summed E-state index contributed by atoms with van der Waals surface area (Å²) in [6.45, 7) is 0. The van der Waals surface area contributed by atoms with Gasteiger partial charge in [-0.2, -0.15) is 4.98 Å². The Morgan fingerprint density at radius 2 is 2.05 bits per heavy atom. The second-order valence-electron chi connectivity index (χ2n) is 3.45. The number of halogens is 1. The third kappa shape index (κ3) is 2.75. The second kappa shape index (κ2) is 5.27. The minimum absolute atomic E-state index is 0.160. The normalized spacial score (nSPS) is 10.0. The Morgan fingerprint density at radius 3 is 2.68 bits per heavy atom. The number of nitrogens with two attached hydrogens (primary N) is 1. The zero-order valence-electron chi connectivity index (χ0n) is 9.54. The maximum absolute atomic E-state index is 13.4. The van der Waals surface area contributed by atoms with Gasteiger partial charge in [0.05, 0.1) is 4.92 Å². The monoisotopic (exact) mass is 264 g/mol. The molecule has 3 N–H and O–H groups in total. The van der Waals surface area contributed by atoms with E-state index < -0.39 is 10.7 Å². The fourth-order valence-corrected chi connectivity index (χ4v) is 1.36. The SMILES string of the molecule is NNc1ccc([N+](=O)[O-])c(Oc2ccccc2F)n1. The van der Waals surface area contributed by atoms with Crippen molar-refractivity contribution in [2.24, 2.45) is 5.84 Å². The molecule has 1 heterocycles. The van der Waals surface area contributed by atoms with Gasteiger partial charge in [-0.15, -0.1) is 0 Å². The maximum Gasteiger partial charge on any atom is 0.331 e. The van der Waals surface area contributed by atoms with Crippen molar-refractivity contribution >= 4 is 11.5 Å². The van der Waals surface area contributed by atoms with Crippen LogP contribution in [0.15, 0.2) is 36.4 Å². The Kier molecular flexibility index (Phi) is 3.53. The number of nitrogen functional groups attached to an aromatic ring is 1. The summed E-state index contributed by atoms with van der Waals surface area (Å²) in [6.07, 6.45) is 0. The van der Waals surface area contributed by atoms with E-state index in [1.54, 1.807) is 0 Å². The van der Waals surface area contributed by atoms with E-state index >= 15 is 0 Å². The molecule has 2 aromatic rings. The number of hydrogen-bond acceptors (Lipinski definition) is 6. The third-order valence-electron chi connectivity index (χ3n) is 2.23. The van der Waals surface area contributed by atoms with E-state index in [1.807, 2.05) is 0 Å². The zero-order chi connectivity index (χ0) is 13.8. The van der Waals surface area contributed by atoms with Crippen molar-refractivity contribution in [1.29, 1.82) is 0 Å². The number of ether oxygens (including phenoxy) is 1. The van der Waals surface area contributed by atoms with E-state index in [0.717, 1.165) is 0 Å². The van der Waals surface area contributed by atoms with Gasteiger partial charge in [0.2, 0.25) is 0 Å². The average Bonchev–Trinajstić information content (AvgIpc) is 2.41. The quantitative estimate of drug-likeness (QED) is 0.498. The molecule has 0 bridgehead atoms. The minimum Gasteiger partial charge on any atom is -0.430 e. The Balaban J connectivity index is 2.43. The highest BCUT2D eigenvalue weighted by Gasteiger charge is 2.19. The van der Waals surface area contributed by atoms with Crippen molar-refractivity contribution in [3.63, 3.8) is 0 Å². The number of hydrogen-bond donors (Lipinski definition) is 2. The van der Waals surface area contributed by atoms with E-state index in [1.165, 1.54) is 36.4 Å². The third-order valence-corrected chi connectivity index (χ3v) is 2.23. The number of para-hydroxylation sites is 1. The Morgan fingerprint density at radius 1 is 1.32 bits per heavy atom. The first kappa shape index (κ1) is 12.7. The van der Waals surface area contributed by atoms with E-state index in [-0.39, 0.29) is 23.1 Å². The zero-order valence-corrected chi connectivity index (χ0v) is 9.54. The van der Waals surface area contributed by atoms with E-state index in [2.05, 4.69) is 10.4 Å². The summed E-state index contributed by atoms with van der Waals surface area (Å²) in [7, 11) is 0. The molecule has 0 aliphatic rings. The van der Waals surface area contributed by atoms with Crippen molar-refractivity contribution in [1.82, 2.24) is 4.98 Å². The number of benzene rings is 1. The standard InChI is InChI=1S/C11H9FN4O3/c12-7-3-1-2-4-9(7)19-11-8(16(17)18)5-6-10(14-11)15-13/h1-6H,13H2,(H,14,15). The van der Waals surface area contributed by atoms with E-state index in [4.69, 9.17) is 10.6 Å². The van der Waals surface area contributed by atoms with Gasteiger partial charge in [-0.3, -0.25) is 10.1 Å². The van der Waals surface area contributed by atoms with Crippen molar-refractivity contribution in [3.05, 3.63) is 52.3 Å². The largest absolute Gasteiger partial charge is 0.430 e. The van der Waals surface area contributed by atoms with Gasteiger partial charge in [-0.25, -0.2) is 10.2 Å². The summed E-state index contributed by atoms with van der Waals surface area (Å²) >= 11 is 0. The lowest BCUT2D eigenvalue weighted by Crippen LogP contribution is -2.09. The van der Waals surface area contributed by atoms with Crippen LogP contribution < -0.4 is 16.0 Å². The van der Waals surface area contributed by atoms with Gasteiger partial charge in [-0.05, 0) is 18.2 Å². The fraction of sp³-hybridized carbons (Fsp3) is 0. The minimum atomic E-state index is -0.677. The number of nitrogens with zero attached hydrogens (tertiary/aromatic N) is 2. The smallest absolute Gasteiger partial charge is 0.331 e. The molecule has 0 aliphatic carbocycles. The Bertz CT molecular complexity index is 621. The Hall–Kier alpha value is -2.74. The highest BCUT2D eigenvalue weighted by Crippen LogP contribution is 2.31. The van der Waals surface area contributed by atoms with Crippen LogP contribution in [0.1, 0.15) is 0 Å². The lowest BCUT2D eigenvalue weighted by atomic mass is 10.3. The topological polar surface area (TPSA) is 103 Å². The van der Waals surface area contributed by atoms with Crippen LogP contribution in [0, 0.1) is 15.9 Å². The molecule has 7 nitrogen and oxygen atoms in total. The van der Waals surface area contributed by atoms with Crippen molar-refractivity contribution in [3.8, 4) is 11.6 Å². The van der Waals surface area contributed by atoms with Gasteiger partial charge in [0.25, 0.3) is 0 Å². The summed E-state index contributed by atoms with van der Waals surface area (Å²) in [4.78, 5) is 13.9. The molecule has 0 unspecified atom stereocenters. The van der Waals surface area contributed by atoms with E-state index in [0.29, 0.717) is 0 Å². The summed E-state index contributed by atoms with van der Waals surface area (Å²) < 4.78 is 18.5. The lowest BCUT2D eigenvalue weighted by Gasteiger charge is -2.07. The number of aromatic nitrogens is 1. The number of nitrogens with one attached hydrogen (secondary N) is 1. The van der Waals surface area contributed by atoms with Crippen LogP contribution in [0.3, 0.4) is 0 Å². The van der Waals surface area contributed by atoms with Gasteiger partial charge in [0, 0.05) is 6.07 Å². The summed E-state index contributed by atoms with van der Waals surface area (Å²) in [5, 5.41) is 10.8. The van der Waals surface area contributed by atoms with Crippen LogP contribution in [0.4, 0.5) is 15.9 Å². The van der Waals surface area contributed by atoms with Crippen molar-refractivity contribution in [2.75, 3.05) is 5.43 Å². The van der Waals surface area contributed by atoms with Crippen LogP contribution in [-0.2, 0) is 0 Å². The first-order valence-corrected chi connectivity index (χ1v) is 5.16. The predicted octanol–water partition coefficient (Wildman–Crippen LogP) is 2.21. The van der Waals surface area contributed by atoms with Crippen LogP contribution in [-0.4, -0.2) is 9.91 Å². The molecule has 0 radical (unpaired) electrons. The molecule has 0 aliphatic heterocycles. The van der Waals surface area contributed by atoms with Crippen LogP contribution in [0.5, 0.6) is 11.6 Å². The molecule has 0 saturated heterocycles. The molecule has 19 heavy (non-hydrogen) atoms. The van der Waals surface area contributed by atoms with Gasteiger partial charge >= 0.3 is 11.6 Å². The first-order valence-electron chi connectivity index (χ1n) is 5.16. The molecule has 0 atom stereocenters. The first-order chi connectivity index (χ1) is 9.11. The number of pyridine rings is 1. The molecular weight excluding hydrogens is 255 g/mol. The molecule has 1 aromatic carbocycles. The molecule has 1 aromatic heterocycles. The summed E-state index contributed by atoms with van der Waals surface area (Å²) in [5.74, 6) is 4.17. The molecule has 2 rings (SSSR count).